The number of amides is 1. The Hall–Kier alpha value is -2.25. The Bertz CT molecular complexity index is 894. The molecule has 0 spiro atoms. The molecule has 3 heterocycles. The SMILES string of the molecule is CC(N)[C@H]1CC[C@H](C(=O)Nc2ccnc3[nH]c(-c4cscn4)cc23)CC1. The fraction of sp³-hybridized carbons (Fsp3) is 0.421. The molecule has 1 atom stereocenters. The number of pyridine rings is 1. The normalized spacial score (nSPS) is 21.6. The number of anilines is 1. The van der Waals surface area contributed by atoms with Crippen molar-refractivity contribution in [1.29, 1.82) is 0 Å². The molecule has 1 fully saturated rings. The Morgan fingerprint density at radius 3 is 2.85 bits per heavy atom. The van der Waals surface area contributed by atoms with Gasteiger partial charge in [0.05, 0.1) is 22.6 Å². The summed E-state index contributed by atoms with van der Waals surface area (Å²) < 4.78 is 0. The fourth-order valence-electron chi connectivity index (χ4n) is 3.76. The number of carbonyl (C=O) groups excluding carboxylic acids is 1. The van der Waals surface area contributed by atoms with Crippen LogP contribution in [-0.4, -0.2) is 26.9 Å². The number of nitrogens with one attached hydrogen (secondary N) is 2. The van der Waals surface area contributed by atoms with Gasteiger partial charge in [-0.25, -0.2) is 9.97 Å². The molecule has 0 saturated heterocycles. The maximum Gasteiger partial charge on any atom is 0.227 e. The van der Waals surface area contributed by atoms with Gasteiger partial charge in [-0.05, 0) is 50.7 Å². The Balaban J connectivity index is 1.51. The second-order valence-electron chi connectivity index (χ2n) is 7.14. The summed E-state index contributed by atoms with van der Waals surface area (Å²) in [5.74, 6) is 0.694. The molecular formula is C19H23N5OS. The second kappa shape index (κ2) is 7.17. The first-order valence-electron chi connectivity index (χ1n) is 9.04. The van der Waals surface area contributed by atoms with E-state index in [2.05, 4.69) is 27.2 Å². The number of hydrogen-bond donors (Lipinski definition) is 3. The van der Waals surface area contributed by atoms with E-state index in [0.717, 1.165) is 53.8 Å². The number of aromatic amines is 1. The summed E-state index contributed by atoms with van der Waals surface area (Å²) in [7, 11) is 0. The lowest BCUT2D eigenvalue weighted by Gasteiger charge is -2.30. The summed E-state index contributed by atoms with van der Waals surface area (Å²) in [6, 6.07) is 4.06. The van der Waals surface area contributed by atoms with Gasteiger partial charge in [-0.15, -0.1) is 11.3 Å². The van der Waals surface area contributed by atoms with Gasteiger partial charge in [-0.1, -0.05) is 0 Å². The lowest BCUT2D eigenvalue weighted by molar-refractivity contribution is -0.121. The number of H-pyrrole nitrogens is 1. The Kier molecular flexibility index (Phi) is 4.74. The number of fused-ring (bicyclic) bond motifs is 1. The molecule has 1 aliphatic carbocycles. The van der Waals surface area contributed by atoms with Crippen LogP contribution in [0.15, 0.2) is 29.2 Å². The van der Waals surface area contributed by atoms with Crippen LogP contribution in [0.3, 0.4) is 0 Å². The fourth-order valence-corrected chi connectivity index (χ4v) is 4.31. The molecule has 0 aliphatic heterocycles. The zero-order valence-corrected chi connectivity index (χ0v) is 15.6. The Morgan fingerprint density at radius 2 is 2.15 bits per heavy atom. The average Bonchev–Trinajstić information content (AvgIpc) is 3.31. The molecule has 4 N–H and O–H groups in total. The highest BCUT2D eigenvalue weighted by Gasteiger charge is 2.28. The third-order valence-electron chi connectivity index (χ3n) is 5.38. The molecular weight excluding hydrogens is 346 g/mol. The largest absolute Gasteiger partial charge is 0.338 e. The highest BCUT2D eigenvalue weighted by atomic mass is 32.1. The van der Waals surface area contributed by atoms with Crippen LogP contribution in [0.25, 0.3) is 22.4 Å². The highest BCUT2D eigenvalue weighted by molar-refractivity contribution is 7.07. The molecule has 1 aliphatic rings. The second-order valence-corrected chi connectivity index (χ2v) is 7.86. The zero-order chi connectivity index (χ0) is 18.1. The number of nitrogens with two attached hydrogens (primary N) is 1. The minimum Gasteiger partial charge on any atom is -0.338 e. The zero-order valence-electron chi connectivity index (χ0n) is 14.7. The highest BCUT2D eigenvalue weighted by Crippen LogP contribution is 2.32. The van der Waals surface area contributed by atoms with Gasteiger partial charge in [0.1, 0.15) is 5.65 Å². The van der Waals surface area contributed by atoms with Crippen molar-refractivity contribution in [2.45, 2.75) is 38.6 Å². The number of rotatable bonds is 4. The molecule has 0 radical (unpaired) electrons. The van der Waals surface area contributed by atoms with Crippen LogP contribution in [0.4, 0.5) is 5.69 Å². The van der Waals surface area contributed by atoms with Crippen LogP contribution in [-0.2, 0) is 4.79 Å². The lowest BCUT2D eigenvalue weighted by atomic mass is 9.79. The van der Waals surface area contributed by atoms with E-state index < -0.39 is 0 Å². The van der Waals surface area contributed by atoms with Crippen molar-refractivity contribution < 1.29 is 4.79 Å². The van der Waals surface area contributed by atoms with Gasteiger partial charge >= 0.3 is 0 Å². The van der Waals surface area contributed by atoms with Gasteiger partial charge in [0.15, 0.2) is 0 Å². The van der Waals surface area contributed by atoms with Crippen LogP contribution in [0.2, 0.25) is 0 Å². The van der Waals surface area contributed by atoms with E-state index in [-0.39, 0.29) is 17.9 Å². The summed E-state index contributed by atoms with van der Waals surface area (Å²) in [6.07, 6.45) is 5.58. The first-order chi connectivity index (χ1) is 12.6. The first-order valence-corrected chi connectivity index (χ1v) is 9.99. The summed E-state index contributed by atoms with van der Waals surface area (Å²) in [4.78, 5) is 24.7. The van der Waals surface area contributed by atoms with E-state index in [9.17, 15) is 4.79 Å². The van der Waals surface area contributed by atoms with Crippen LogP contribution in [0.5, 0.6) is 0 Å². The molecule has 1 unspecified atom stereocenters. The maximum atomic E-state index is 12.7. The summed E-state index contributed by atoms with van der Waals surface area (Å²) in [5, 5.41) is 6.01. The first kappa shape index (κ1) is 17.2. The average molecular weight is 369 g/mol. The molecule has 0 bridgehead atoms. The van der Waals surface area contributed by atoms with E-state index in [0.29, 0.717) is 5.92 Å². The predicted molar refractivity (Wildman–Crippen MR) is 105 cm³/mol. The van der Waals surface area contributed by atoms with Crippen molar-refractivity contribution in [3.63, 3.8) is 0 Å². The monoisotopic (exact) mass is 369 g/mol. The third kappa shape index (κ3) is 3.37. The number of aromatic nitrogens is 3. The van der Waals surface area contributed by atoms with Crippen molar-refractivity contribution in [3.8, 4) is 11.4 Å². The summed E-state index contributed by atoms with van der Waals surface area (Å²) >= 11 is 1.55. The van der Waals surface area contributed by atoms with E-state index >= 15 is 0 Å². The van der Waals surface area contributed by atoms with Crippen molar-refractivity contribution in [1.82, 2.24) is 15.0 Å². The predicted octanol–water partition coefficient (Wildman–Crippen LogP) is 3.78. The molecule has 3 aromatic heterocycles. The van der Waals surface area contributed by atoms with Crippen molar-refractivity contribution in [2.24, 2.45) is 17.6 Å². The van der Waals surface area contributed by atoms with E-state index in [1.807, 2.05) is 17.5 Å². The molecule has 4 rings (SSSR count). The molecule has 0 aromatic carbocycles. The number of hydrogen-bond acceptors (Lipinski definition) is 5. The van der Waals surface area contributed by atoms with Gasteiger partial charge in [0.2, 0.25) is 5.91 Å². The Labute approximate surface area is 156 Å². The number of thiazole rings is 1. The lowest BCUT2D eigenvalue weighted by Crippen LogP contribution is -2.33. The maximum absolute atomic E-state index is 12.7. The van der Waals surface area contributed by atoms with E-state index in [4.69, 9.17) is 5.73 Å². The van der Waals surface area contributed by atoms with E-state index in [1.54, 1.807) is 23.0 Å². The minimum absolute atomic E-state index is 0.0603. The van der Waals surface area contributed by atoms with Gasteiger partial charge in [0.25, 0.3) is 0 Å². The molecule has 1 amide bonds. The molecule has 136 valence electrons. The van der Waals surface area contributed by atoms with Crippen LogP contribution in [0, 0.1) is 11.8 Å². The van der Waals surface area contributed by atoms with Gasteiger partial charge in [-0.2, -0.15) is 0 Å². The molecule has 3 aromatic rings. The smallest absolute Gasteiger partial charge is 0.227 e. The summed E-state index contributed by atoms with van der Waals surface area (Å²) in [5.41, 5.74) is 11.2. The van der Waals surface area contributed by atoms with Crippen molar-refractivity contribution >= 4 is 34.0 Å². The summed E-state index contributed by atoms with van der Waals surface area (Å²) in [6.45, 7) is 2.06. The molecule has 6 nitrogen and oxygen atoms in total. The van der Waals surface area contributed by atoms with Gasteiger partial charge in [-0.3, -0.25) is 4.79 Å². The topological polar surface area (TPSA) is 96.7 Å². The quantitative estimate of drug-likeness (QED) is 0.652. The molecule has 1 saturated carbocycles. The van der Waals surface area contributed by atoms with Crippen LogP contribution >= 0.6 is 11.3 Å². The number of carbonyl (C=O) groups is 1. The van der Waals surface area contributed by atoms with Gasteiger partial charge < -0.3 is 16.0 Å². The van der Waals surface area contributed by atoms with Crippen LogP contribution < -0.4 is 11.1 Å². The van der Waals surface area contributed by atoms with Crippen molar-refractivity contribution in [3.05, 3.63) is 29.2 Å². The molecule has 7 heteroatoms. The van der Waals surface area contributed by atoms with Gasteiger partial charge in [0, 0.05) is 28.9 Å². The van der Waals surface area contributed by atoms with Crippen molar-refractivity contribution in [2.75, 3.05) is 5.32 Å². The molecule has 26 heavy (non-hydrogen) atoms. The number of nitrogens with zero attached hydrogens (tertiary/aromatic N) is 2. The standard InChI is InChI=1S/C19H23N5OS/c1-11(20)12-2-4-13(5-3-12)19(25)24-15-6-7-21-18-14(15)8-16(23-18)17-9-26-10-22-17/h6-13H,2-5,20H2,1H3,(H2,21,23,24,25)/t11?,12-,13-. The third-order valence-corrected chi connectivity index (χ3v) is 5.97. The van der Waals surface area contributed by atoms with Crippen LogP contribution in [0.1, 0.15) is 32.6 Å². The minimum atomic E-state index is 0.0603. The Morgan fingerprint density at radius 1 is 1.35 bits per heavy atom. The van der Waals surface area contributed by atoms with E-state index in [1.165, 1.54) is 0 Å².